The SMILES string of the molecule is CN(CC1(c2ccccc2)CC1)C(=O)c1cnc(C(=O)O)cn1. The van der Waals surface area contributed by atoms with Crippen LogP contribution in [0.1, 0.15) is 39.4 Å². The van der Waals surface area contributed by atoms with Crippen LogP contribution >= 0.6 is 0 Å². The molecule has 1 fully saturated rings. The van der Waals surface area contributed by atoms with Crippen LogP contribution < -0.4 is 0 Å². The largest absolute Gasteiger partial charge is 0.476 e. The van der Waals surface area contributed by atoms with Gasteiger partial charge in [0.2, 0.25) is 0 Å². The summed E-state index contributed by atoms with van der Waals surface area (Å²) in [6.07, 6.45) is 4.42. The molecule has 6 heteroatoms. The van der Waals surface area contributed by atoms with Gasteiger partial charge in [0.25, 0.3) is 5.91 Å². The summed E-state index contributed by atoms with van der Waals surface area (Å²) < 4.78 is 0. The van der Waals surface area contributed by atoms with Crippen molar-refractivity contribution < 1.29 is 14.7 Å². The Morgan fingerprint density at radius 1 is 1.13 bits per heavy atom. The molecule has 23 heavy (non-hydrogen) atoms. The number of carboxylic acids is 1. The van der Waals surface area contributed by atoms with Crippen LogP contribution in [0.4, 0.5) is 0 Å². The molecule has 1 aromatic carbocycles. The quantitative estimate of drug-likeness (QED) is 0.913. The van der Waals surface area contributed by atoms with Gasteiger partial charge >= 0.3 is 5.97 Å². The molecule has 1 aliphatic rings. The molecule has 0 atom stereocenters. The Bertz CT molecular complexity index is 725. The van der Waals surface area contributed by atoms with Gasteiger partial charge in [-0.15, -0.1) is 0 Å². The molecule has 1 saturated carbocycles. The second-order valence-corrected chi connectivity index (χ2v) is 5.90. The van der Waals surface area contributed by atoms with Crippen molar-refractivity contribution >= 4 is 11.9 Å². The van der Waals surface area contributed by atoms with Crippen LogP contribution in [-0.2, 0) is 5.41 Å². The number of carboxylic acid groups (broad SMARTS) is 1. The fourth-order valence-electron chi connectivity index (χ4n) is 2.75. The van der Waals surface area contributed by atoms with E-state index in [9.17, 15) is 9.59 Å². The van der Waals surface area contributed by atoms with E-state index in [-0.39, 0.29) is 22.7 Å². The Hall–Kier alpha value is -2.76. The molecular formula is C17H17N3O3. The number of carbonyl (C=O) groups is 2. The summed E-state index contributed by atoms with van der Waals surface area (Å²) in [4.78, 5) is 32.5. The van der Waals surface area contributed by atoms with Crippen molar-refractivity contribution in [1.82, 2.24) is 14.9 Å². The maximum Gasteiger partial charge on any atom is 0.356 e. The lowest BCUT2D eigenvalue weighted by atomic mass is 9.95. The van der Waals surface area contributed by atoms with Gasteiger partial charge in [-0.25, -0.2) is 14.8 Å². The number of likely N-dealkylation sites (N-methyl/N-ethyl adjacent to an activating group) is 1. The molecule has 1 heterocycles. The molecule has 6 nitrogen and oxygen atoms in total. The number of amides is 1. The zero-order chi connectivity index (χ0) is 16.4. The van der Waals surface area contributed by atoms with E-state index in [1.54, 1.807) is 11.9 Å². The second-order valence-electron chi connectivity index (χ2n) is 5.90. The van der Waals surface area contributed by atoms with Gasteiger partial charge in [0.1, 0.15) is 5.69 Å². The van der Waals surface area contributed by atoms with Crippen LogP contribution in [0.15, 0.2) is 42.7 Å². The number of hydrogen-bond donors (Lipinski definition) is 1. The number of carbonyl (C=O) groups excluding carboxylic acids is 1. The van der Waals surface area contributed by atoms with Crippen LogP contribution in [-0.4, -0.2) is 45.4 Å². The average Bonchev–Trinajstić information content (AvgIpc) is 3.36. The molecule has 3 rings (SSSR count). The van der Waals surface area contributed by atoms with Crippen molar-refractivity contribution in [1.29, 1.82) is 0 Å². The molecule has 1 N–H and O–H groups in total. The molecule has 0 radical (unpaired) electrons. The summed E-state index contributed by atoms with van der Waals surface area (Å²) in [6.45, 7) is 0.609. The highest BCUT2D eigenvalue weighted by Crippen LogP contribution is 2.48. The topological polar surface area (TPSA) is 83.4 Å². The third-order valence-corrected chi connectivity index (χ3v) is 4.22. The summed E-state index contributed by atoms with van der Waals surface area (Å²) in [5.41, 5.74) is 1.25. The molecule has 0 bridgehead atoms. The number of benzene rings is 1. The molecule has 0 spiro atoms. The normalized spacial score (nSPS) is 15.0. The monoisotopic (exact) mass is 311 g/mol. The van der Waals surface area contributed by atoms with Gasteiger partial charge in [0.05, 0.1) is 12.4 Å². The van der Waals surface area contributed by atoms with Gasteiger partial charge in [-0.3, -0.25) is 4.79 Å². The van der Waals surface area contributed by atoms with E-state index in [1.165, 1.54) is 11.8 Å². The van der Waals surface area contributed by atoms with Gasteiger partial charge in [-0.1, -0.05) is 30.3 Å². The number of nitrogens with zero attached hydrogens (tertiary/aromatic N) is 3. The lowest BCUT2D eigenvalue weighted by molar-refractivity contribution is 0.0687. The Labute approximate surface area is 133 Å². The van der Waals surface area contributed by atoms with E-state index < -0.39 is 5.97 Å². The van der Waals surface area contributed by atoms with E-state index in [0.29, 0.717) is 6.54 Å². The molecule has 1 aliphatic carbocycles. The summed E-state index contributed by atoms with van der Waals surface area (Å²) in [5, 5.41) is 8.81. The standard InChI is InChI=1S/C17H17N3O3/c1-20(11-17(7-8-17)12-5-3-2-4-6-12)15(21)13-9-19-14(10-18-13)16(22)23/h2-6,9-10H,7-8,11H2,1H3,(H,22,23). The lowest BCUT2D eigenvalue weighted by Gasteiger charge is -2.24. The summed E-state index contributed by atoms with van der Waals surface area (Å²) in [6, 6.07) is 10.2. The smallest absolute Gasteiger partial charge is 0.356 e. The Kier molecular flexibility index (Phi) is 3.82. The third kappa shape index (κ3) is 3.06. The van der Waals surface area contributed by atoms with Crippen molar-refractivity contribution in [3.8, 4) is 0 Å². The summed E-state index contributed by atoms with van der Waals surface area (Å²) in [7, 11) is 1.73. The van der Waals surface area contributed by atoms with Crippen LogP contribution in [0.5, 0.6) is 0 Å². The van der Waals surface area contributed by atoms with Gasteiger partial charge in [-0.2, -0.15) is 0 Å². The average molecular weight is 311 g/mol. The van der Waals surface area contributed by atoms with Crippen molar-refractivity contribution in [2.24, 2.45) is 0 Å². The Morgan fingerprint density at radius 2 is 1.74 bits per heavy atom. The van der Waals surface area contributed by atoms with Crippen LogP contribution in [0, 0.1) is 0 Å². The van der Waals surface area contributed by atoms with E-state index in [4.69, 9.17) is 5.11 Å². The van der Waals surface area contributed by atoms with Gasteiger partial charge in [0, 0.05) is 19.0 Å². The van der Waals surface area contributed by atoms with Gasteiger partial charge in [-0.05, 0) is 18.4 Å². The zero-order valence-corrected chi connectivity index (χ0v) is 12.8. The molecule has 118 valence electrons. The summed E-state index contributed by atoms with van der Waals surface area (Å²) in [5.74, 6) is -1.41. The first kappa shape index (κ1) is 15.1. The molecule has 1 aromatic heterocycles. The van der Waals surface area contributed by atoms with Crippen molar-refractivity contribution in [3.05, 3.63) is 59.7 Å². The van der Waals surface area contributed by atoms with E-state index in [1.807, 2.05) is 18.2 Å². The maximum atomic E-state index is 12.4. The van der Waals surface area contributed by atoms with Crippen LogP contribution in [0.25, 0.3) is 0 Å². The highest BCUT2D eigenvalue weighted by Gasteiger charge is 2.45. The Balaban J connectivity index is 1.72. The van der Waals surface area contributed by atoms with Crippen molar-refractivity contribution in [2.75, 3.05) is 13.6 Å². The van der Waals surface area contributed by atoms with Gasteiger partial charge in [0.15, 0.2) is 5.69 Å². The minimum Gasteiger partial charge on any atom is -0.476 e. The minimum atomic E-state index is -1.16. The fraction of sp³-hybridized carbons (Fsp3) is 0.294. The number of rotatable bonds is 5. The first-order valence-corrected chi connectivity index (χ1v) is 7.38. The Morgan fingerprint density at radius 3 is 2.26 bits per heavy atom. The number of aromatic carboxylic acids is 1. The molecule has 2 aromatic rings. The van der Waals surface area contributed by atoms with Crippen molar-refractivity contribution in [3.63, 3.8) is 0 Å². The van der Waals surface area contributed by atoms with E-state index >= 15 is 0 Å². The number of aromatic nitrogens is 2. The highest BCUT2D eigenvalue weighted by molar-refractivity contribution is 5.92. The molecular weight excluding hydrogens is 294 g/mol. The van der Waals surface area contributed by atoms with E-state index in [2.05, 4.69) is 22.1 Å². The van der Waals surface area contributed by atoms with Crippen LogP contribution in [0.3, 0.4) is 0 Å². The highest BCUT2D eigenvalue weighted by atomic mass is 16.4. The number of hydrogen-bond acceptors (Lipinski definition) is 4. The predicted molar refractivity (Wildman–Crippen MR) is 83.3 cm³/mol. The lowest BCUT2D eigenvalue weighted by Crippen LogP contribution is -2.35. The zero-order valence-electron chi connectivity index (χ0n) is 12.8. The first-order valence-electron chi connectivity index (χ1n) is 7.38. The third-order valence-electron chi connectivity index (χ3n) is 4.22. The molecule has 1 amide bonds. The molecule has 0 aliphatic heterocycles. The summed E-state index contributed by atoms with van der Waals surface area (Å²) >= 11 is 0. The second kappa shape index (κ2) is 5.79. The molecule has 0 saturated heterocycles. The first-order chi connectivity index (χ1) is 11.0. The van der Waals surface area contributed by atoms with Crippen molar-refractivity contribution in [2.45, 2.75) is 18.3 Å². The van der Waals surface area contributed by atoms with E-state index in [0.717, 1.165) is 19.0 Å². The molecule has 0 unspecified atom stereocenters. The predicted octanol–water partition coefficient (Wildman–Crippen LogP) is 1.98. The van der Waals surface area contributed by atoms with Gasteiger partial charge < -0.3 is 10.0 Å². The maximum absolute atomic E-state index is 12.4. The van der Waals surface area contributed by atoms with Crippen LogP contribution in [0.2, 0.25) is 0 Å². The minimum absolute atomic E-state index is 0.0279. The fourth-order valence-corrected chi connectivity index (χ4v) is 2.75.